The normalized spacial score (nSPS) is 35.0. The van der Waals surface area contributed by atoms with E-state index in [2.05, 4.69) is 11.9 Å². The third-order valence-corrected chi connectivity index (χ3v) is 7.13. The van der Waals surface area contributed by atoms with E-state index in [1.807, 2.05) is 12.1 Å². The second-order valence-corrected chi connectivity index (χ2v) is 8.85. The van der Waals surface area contributed by atoms with Crippen molar-refractivity contribution >= 4 is 6.02 Å². The maximum absolute atomic E-state index is 13.9. The minimum atomic E-state index is -2.16. The van der Waals surface area contributed by atoms with Gasteiger partial charge in [0.25, 0.3) is 6.02 Å². The zero-order chi connectivity index (χ0) is 22.9. The van der Waals surface area contributed by atoms with Crippen molar-refractivity contribution in [2.45, 2.75) is 44.2 Å². The number of methoxy groups -OCH3 is 1. The van der Waals surface area contributed by atoms with E-state index in [1.165, 1.54) is 12.1 Å². The predicted octanol–water partition coefficient (Wildman–Crippen LogP) is 4.55. The standard InChI is InChI=1S/C24H26F2N2O2/c1-14-11-23(6-5-21(14)29-2)12-16-4-3-15(17-7-18(25)10-19(26)8-17)9-20(16)24(23)13-30-22(27)28-24/h3-4,7-10,14,21H,5-6,11-13H2,1-2H3,(H2,27,28)/t14-,21-,23-,24?/m0/s1/i13D2. The zero-order valence-corrected chi connectivity index (χ0v) is 17.0. The lowest BCUT2D eigenvalue weighted by Crippen LogP contribution is -2.48. The van der Waals surface area contributed by atoms with Crippen LogP contribution in [0.3, 0.4) is 0 Å². The van der Waals surface area contributed by atoms with Crippen LogP contribution in [0.15, 0.2) is 41.4 Å². The van der Waals surface area contributed by atoms with Gasteiger partial charge in [0.1, 0.15) is 23.7 Å². The monoisotopic (exact) mass is 414 g/mol. The van der Waals surface area contributed by atoms with Crippen LogP contribution in [-0.2, 0) is 21.4 Å². The van der Waals surface area contributed by atoms with Crippen molar-refractivity contribution in [2.75, 3.05) is 13.7 Å². The number of hydrogen-bond acceptors (Lipinski definition) is 4. The van der Waals surface area contributed by atoms with Crippen LogP contribution in [0, 0.1) is 23.0 Å². The van der Waals surface area contributed by atoms with E-state index in [-0.39, 0.29) is 18.0 Å². The first-order valence-corrected chi connectivity index (χ1v) is 10.3. The lowest BCUT2D eigenvalue weighted by Gasteiger charge is -2.47. The highest BCUT2D eigenvalue weighted by Crippen LogP contribution is 2.62. The Morgan fingerprint density at radius 2 is 1.97 bits per heavy atom. The SMILES string of the molecule is [2H]C1([2H])OC(N)=NC12c1cc(-c3cc(F)cc(F)c3)ccc1C[C@@]21CC[C@H](OC)[C@@H](C)C1. The van der Waals surface area contributed by atoms with Crippen LogP contribution in [0.25, 0.3) is 11.1 Å². The van der Waals surface area contributed by atoms with Gasteiger partial charge in [-0.1, -0.05) is 19.1 Å². The number of nitrogens with two attached hydrogens (primary N) is 1. The van der Waals surface area contributed by atoms with Crippen LogP contribution in [0.5, 0.6) is 0 Å². The van der Waals surface area contributed by atoms with E-state index >= 15 is 0 Å². The van der Waals surface area contributed by atoms with E-state index in [0.717, 1.165) is 18.1 Å². The van der Waals surface area contributed by atoms with Gasteiger partial charge in [0, 0.05) is 18.6 Å². The fraction of sp³-hybridized carbons (Fsp3) is 0.458. The molecule has 4 atom stereocenters. The average molecular weight is 414 g/mol. The summed E-state index contributed by atoms with van der Waals surface area (Å²) in [7, 11) is 1.71. The quantitative estimate of drug-likeness (QED) is 0.784. The predicted molar refractivity (Wildman–Crippen MR) is 111 cm³/mol. The summed E-state index contributed by atoms with van der Waals surface area (Å²) in [5.74, 6) is -1.13. The number of rotatable bonds is 2. The molecule has 1 saturated carbocycles. The van der Waals surface area contributed by atoms with E-state index in [4.69, 9.17) is 17.9 Å². The Hall–Kier alpha value is -2.47. The molecule has 0 radical (unpaired) electrons. The van der Waals surface area contributed by atoms with Gasteiger partial charge in [0.2, 0.25) is 0 Å². The molecule has 6 heteroatoms. The third kappa shape index (κ3) is 2.77. The van der Waals surface area contributed by atoms with Crippen molar-refractivity contribution in [1.29, 1.82) is 0 Å². The molecule has 3 aliphatic rings. The number of aliphatic imine (C=N–C) groups is 1. The molecule has 2 aromatic carbocycles. The first kappa shape index (κ1) is 17.2. The van der Waals surface area contributed by atoms with Crippen LogP contribution in [0.4, 0.5) is 8.78 Å². The summed E-state index contributed by atoms with van der Waals surface area (Å²) in [5.41, 5.74) is 6.68. The van der Waals surface area contributed by atoms with Crippen molar-refractivity contribution in [1.82, 2.24) is 0 Å². The second kappa shape index (κ2) is 6.77. The number of hydrogen-bond donors (Lipinski definition) is 1. The first-order valence-electron chi connectivity index (χ1n) is 11.3. The molecule has 0 bridgehead atoms. The van der Waals surface area contributed by atoms with E-state index in [9.17, 15) is 8.78 Å². The molecule has 1 fully saturated rings. The summed E-state index contributed by atoms with van der Waals surface area (Å²) in [5, 5.41) is 0. The molecule has 0 amide bonds. The third-order valence-electron chi connectivity index (χ3n) is 7.13. The maximum atomic E-state index is 13.9. The fourth-order valence-electron chi connectivity index (χ4n) is 5.82. The molecule has 0 saturated heterocycles. The number of ether oxygens (including phenoxy) is 2. The number of halogens is 2. The van der Waals surface area contributed by atoms with Crippen LogP contribution < -0.4 is 5.73 Å². The zero-order valence-electron chi connectivity index (χ0n) is 19.0. The molecule has 1 unspecified atom stereocenters. The minimum absolute atomic E-state index is 0.0988. The van der Waals surface area contributed by atoms with Gasteiger partial charge in [0.15, 0.2) is 0 Å². The molecular formula is C24H26F2N2O2. The van der Waals surface area contributed by atoms with Crippen LogP contribution in [-0.4, -0.2) is 25.8 Å². The summed E-state index contributed by atoms with van der Waals surface area (Å²) in [6, 6.07) is 8.73. The molecule has 5 rings (SSSR count). The molecule has 4 nitrogen and oxygen atoms in total. The molecular weight excluding hydrogens is 386 g/mol. The summed E-state index contributed by atoms with van der Waals surface area (Å²) in [6.07, 6.45) is 2.90. The molecule has 0 aromatic heterocycles. The largest absolute Gasteiger partial charge is 0.462 e. The smallest absolute Gasteiger partial charge is 0.283 e. The molecule has 30 heavy (non-hydrogen) atoms. The maximum Gasteiger partial charge on any atom is 0.283 e. The highest BCUT2D eigenvalue weighted by molar-refractivity contribution is 5.76. The second-order valence-electron chi connectivity index (χ2n) is 8.85. The molecule has 2 spiro atoms. The Kier molecular flexibility index (Phi) is 3.89. The fourth-order valence-corrected chi connectivity index (χ4v) is 5.82. The lowest BCUT2D eigenvalue weighted by molar-refractivity contribution is -0.0445. The Bertz CT molecular complexity index is 1100. The minimum Gasteiger partial charge on any atom is -0.462 e. The molecule has 158 valence electrons. The van der Waals surface area contributed by atoms with Gasteiger partial charge < -0.3 is 15.2 Å². The van der Waals surface area contributed by atoms with Crippen molar-refractivity contribution in [3.63, 3.8) is 0 Å². The van der Waals surface area contributed by atoms with Crippen molar-refractivity contribution in [3.8, 4) is 11.1 Å². The lowest BCUT2D eigenvalue weighted by atomic mass is 9.59. The summed E-state index contributed by atoms with van der Waals surface area (Å²) < 4.78 is 56.6. The molecule has 1 aliphatic heterocycles. The van der Waals surface area contributed by atoms with E-state index < -0.39 is 29.1 Å². The van der Waals surface area contributed by atoms with Gasteiger partial charge in [0.05, 0.1) is 8.85 Å². The molecule has 2 aromatic rings. The van der Waals surface area contributed by atoms with Crippen LogP contribution in [0.1, 0.15) is 40.1 Å². The Balaban J connectivity index is 1.70. The Labute approximate surface area is 177 Å². The van der Waals surface area contributed by atoms with Gasteiger partial charge in [-0.2, -0.15) is 0 Å². The Morgan fingerprint density at radius 3 is 2.60 bits per heavy atom. The van der Waals surface area contributed by atoms with Gasteiger partial charge in [-0.3, -0.25) is 0 Å². The number of nitrogens with zero attached hydrogens (tertiary/aromatic N) is 1. The summed E-state index contributed by atoms with van der Waals surface area (Å²) in [4.78, 5) is 4.65. The summed E-state index contributed by atoms with van der Waals surface area (Å²) >= 11 is 0. The van der Waals surface area contributed by atoms with Gasteiger partial charge >= 0.3 is 0 Å². The van der Waals surface area contributed by atoms with E-state index in [1.54, 1.807) is 13.2 Å². The highest BCUT2D eigenvalue weighted by Gasteiger charge is 2.62. The van der Waals surface area contributed by atoms with Gasteiger partial charge in [-0.25, -0.2) is 13.8 Å². The van der Waals surface area contributed by atoms with Crippen molar-refractivity contribution in [2.24, 2.45) is 22.1 Å². The van der Waals surface area contributed by atoms with Gasteiger partial charge in [-0.15, -0.1) is 0 Å². The molecule has 2 N–H and O–H groups in total. The summed E-state index contributed by atoms with van der Waals surface area (Å²) in [6.45, 7) is -0.0427. The number of amidine groups is 1. The van der Waals surface area contributed by atoms with Crippen molar-refractivity contribution < 1.29 is 21.0 Å². The highest BCUT2D eigenvalue weighted by atomic mass is 19.1. The van der Waals surface area contributed by atoms with Gasteiger partial charge in [-0.05, 0) is 72.1 Å². The number of fused-ring (bicyclic) bond motifs is 3. The van der Waals surface area contributed by atoms with Crippen LogP contribution in [0.2, 0.25) is 0 Å². The molecule has 1 heterocycles. The number of benzene rings is 2. The van der Waals surface area contributed by atoms with Crippen molar-refractivity contribution in [3.05, 3.63) is 59.2 Å². The average Bonchev–Trinajstić information content (AvgIpc) is 3.11. The van der Waals surface area contributed by atoms with Crippen LogP contribution >= 0.6 is 0 Å². The van der Waals surface area contributed by atoms with E-state index in [0.29, 0.717) is 36.0 Å². The Morgan fingerprint density at radius 1 is 1.20 bits per heavy atom. The topological polar surface area (TPSA) is 56.8 Å². The first-order chi connectivity index (χ1) is 15.1. The molecule has 2 aliphatic carbocycles.